The number of hydrogen-bond donors (Lipinski definition) is 1. The topological polar surface area (TPSA) is 53.0 Å². The number of carboxylic acid groups (broad SMARTS) is 1. The lowest BCUT2D eigenvalue weighted by Gasteiger charge is -2.54. The summed E-state index contributed by atoms with van der Waals surface area (Å²) in [5.74, 6) is 0. The van der Waals surface area contributed by atoms with Crippen molar-refractivity contribution in [3.8, 4) is 0 Å². The summed E-state index contributed by atoms with van der Waals surface area (Å²) >= 11 is 0. The predicted molar refractivity (Wildman–Crippen MR) is 59.6 cm³/mol. The number of carbonyl (C=O) groups is 1. The third-order valence-corrected chi connectivity index (χ3v) is 3.31. The summed E-state index contributed by atoms with van der Waals surface area (Å²) < 4.78 is 5.53. The second-order valence-corrected chi connectivity index (χ2v) is 5.61. The average Bonchev–Trinajstić information content (AvgIpc) is 2.13. The van der Waals surface area contributed by atoms with Gasteiger partial charge in [0, 0.05) is 18.6 Å². The maximum atomic E-state index is 11.0. The van der Waals surface area contributed by atoms with E-state index in [0.717, 1.165) is 0 Å². The van der Waals surface area contributed by atoms with Crippen molar-refractivity contribution in [1.29, 1.82) is 0 Å². The Kier molecular flexibility index (Phi) is 2.84. The molecule has 2 rings (SSSR count). The molecule has 5 heteroatoms. The van der Waals surface area contributed by atoms with Gasteiger partial charge in [-0.25, -0.2) is 4.79 Å². The van der Waals surface area contributed by atoms with E-state index in [9.17, 15) is 4.79 Å². The van der Waals surface area contributed by atoms with Crippen molar-refractivity contribution in [1.82, 2.24) is 9.80 Å². The van der Waals surface area contributed by atoms with Crippen LogP contribution < -0.4 is 0 Å². The summed E-state index contributed by atoms with van der Waals surface area (Å²) in [4.78, 5) is 14.9. The molecule has 2 unspecified atom stereocenters. The van der Waals surface area contributed by atoms with Crippen LogP contribution in [-0.4, -0.2) is 64.9 Å². The van der Waals surface area contributed by atoms with Gasteiger partial charge < -0.3 is 14.7 Å². The maximum absolute atomic E-state index is 11.0. The highest BCUT2D eigenvalue weighted by atomic mass is 16.5. The minimum absolute atomic E-state index is 0.0731. The van der Waals surface area contributed by atoms with Crippen LogP contribution in [0.3, 0.4) is 0 Å². The van der Waals surface area contributed by atoms with E-state index in [1.54, 1.807) is 0 Å². The van der Waals surface area contributed by atoms with Gasteiger partial charge in [-0.1, -0.05) is 0 Å². The first-order chi connectivity index (χ1) is 7.39. The van der Waals surface area contributed by atoms with Crippen LogP contribution in [0.25, 0.3) is 0 Å². The molecule has 0 aromatic heterocycles. The van der Waals surface area contributed by atoms with E-state index in [2.05, 4.69) is 25.7 Å². The van der Waals surface area contributed by atoms with Gasteiger partial charge in [-0.15, -0.1) is 0 Å². The second kappa shape index (κ2) is 3.89. The third-order valence-electron chi connectivity index (χ3n) is 3.31. The zero-order chi connectivity index (χ0) is 11.9. The molecule has 0 aromatic rings. The van der Waals surface area contributed by atoms with E-state index in [0.29, 0.717) is 26.3 Å². The molecule has 0 saturated carbocycles. The molecule has 2 atom stereocenters. The minimum Gasteiger partial charge on any atom is -0.465 e. The zero-order valence-corrected chi connectivity index (χ0v) is 10.1. The van der Waals surface area contributed by atoms with E-state index in [-0.39, 0.29) is 17.6 Å². The monoisotopic (exact) mass is 228 g/mol. The van der Waals surface area contributed by atoms with Gasteiger partial charge in [0.1, 0.15) is 0 Å². The van der Waals surface area contributed by atoms with Crippen LogP contribution in [0.2, 0.25) is 0 Å². The van der Waals surface area contributed by atoms with Gasteiger partial charge in [-0.05, 0) is 20.8 Å². The highest BCUT2D eigenvalue weighted by Gasteiger charge is 2.44. The van der Waals surface area contributed by atoms with Crippen molar-refractivity contribution in [3.63, 3.8) is 0 Å². The highest BCUT2D eigenvalue weighted by molar-refractivity contribution is 5.65. The van der Waals surface area contributed by atoms with E-state index in [1.807, 2.05) is 0 Å². The fourth-order valence-electron chi connectivity index (χ4n) is 2.92. The number of fused-ring (bicyclic) bond motifs is 2. The number of amides is 1. The van der Waals surface area contributed by atoms with Crippen LogP contribution in [0.1, 0.15) is 20.8 Å². The van der Waals surface area contributed by atoms with Gasteiger partial charge >= 0.3 is 6.09 Å². The predicted octanol–water partition coefficient (Wildman–Crippen LogP) is 0.848. The lowest BCUT2D eigenvalue weighted by atomic mass is 9.95. The van der Waals surface area contributed by atoms with Gasteiger partial charge in [-0.3, -0.25) is 4.90 Å². The first-order valence-corrected chi connectivity index (χ1v) is 5.73. The van der Waals surface area contributed by atoms with Gasteiger partial charge in [0.05, 0.1) is 25.3 Å². The number of nitrogens with zero attached hydrogens (tertiary/aromatic N) is 2. The Morgan fingerprint density at radius 1 is 1.25 bits per heavy atom. The van der Waals surface area contributed by atoms with Gasteiger partial charge in [-0.2, -0.15) is 0 Å². The van der Waals surface area contributed by atoms with Gasteiger partial charge in [0.25, 0.3) is 0 Å². The Hall–Kier alpha value is -0.810. The highest BCUT2D eigenvalue weighted by Crippen LogP contribution is 2.29. The molecule has 0 aromatic carbocycles. The molecule has 0 aliphatic carbocycles. The first kappa shape index (κ1) is 11.7. The first-order valence-electron chi connectivity index (χ1n) is 5.73. The summed E-state index contributed by atoms with van der Waals surface area (Å²) in [6.07, 6.45) is -0.814. The van der Waals surface area contributed by atoms with Crippen LogP contribution >= 0.6 is 0 Å². The van der Waals surface area contributed by atoms with Crippen molar-refractivity contribution in [2.75, 3.05) is 26.3 Å². The standard InChI is InChI=1S/C11H20N2O3/c1-11(2,3)13-8-4-12(10(14)15)5-9(13)7-16-6-8/h8-9H,4-7H2,1-3H3,(H,14,15). The van der Waals surface area contributed by atoms with Crippen LogP contribution in [0, 0.1) is 0 Å². The number of rotatable bonds is 0. The molecular weight excluding hydrogens is 208 g/mol. The van der Waals surface area contributed by atoms with Crippen molar-refractivity contribution in [2.24, 2.45) is 0 Å². The van der Waals surface area contributed by atoms with Crippen LogP contribution in [0.5, 0.6) is 0 Å². The van der Waals surface area contributed by atoms with Crippen molar-refractivity contribution < 1.29 is 14.6 Å². The molecule has 5 nitrogen and oxygen atoms in total. The number of piperazine rings is 1. The third kappa shape index (κ3) is 2.01. The molecule has 1 amide bonds. The average molecular weight is 228 g/mol. The molecule has 2 fully saturated rings. The Balaban J connectivity index is 2.17. The summed E-state index contributed by atoms with van der Waals surface area (Å²) in [6.45, 7) is 8.92. The van der Waals surface area contributed by atoms with E-state index < -0.39 is 6.09 Å². The molecular formula is C11H20N2O3. The number of hydrogen-bond acceptors (Lipinski definition) is 3. The van der Waals surface area contributed by atoms with Crippen molar-refractivity contribution in [3.05, 3.63) is 0 Å². The fourth-order valence-corrected chi connectivity index (χ4v) is 2.92. The Bertz CT molecular complexity index is 273. The minimum atomic E-state index is -0.814. The molecule has 2 aliphatic rings. The fraction of sp³-hybridized carbons (Fsp3) is 0.909. The number of morpholine rings is 1. The largest absolute Gasteiger partial charge is 0.465 e. The van der Waals surface area contributed by atoms with E-state index in [1.165, 1.54) is 4.90 Å². The Morgan fingerprint density at radius 2 is 1.75 bits per heavy atom. The molecule has 2 saturated heterocycles. The van der Waals surface area contributed by atoms with Crippen LogP contribution in [0.4, 0.5) is 4.79 Å². The van der Waals surface area contributed by atoms with Crippen molar-refractivity contribution in [2.45, 2.75) is 38.4 Å². The van der Waals surface area contributed by atoms with Gasteiger partial charge in [0.2, 0.25) is 0 Å². The van der Waals surface area contributed by atoms with E-state index >= 15 is 0 Å². The molecule has 2 bridgehead atoms. The number of ether oxygens (including phenoxy) is 1. The van der Waals surface area contributed by atoms with Gasteiger partial charge in [0.15, 0.2) is 0 Å². The lowest BCUT2D eigenvalue weighted by Crippen LogP contribution is -2.69. The molecule has 92 valence electrons. The Morgan fingerprint density at radius 3 is 2.12 bits per heavy atom. The Labute approximate surface area is 96.0 Å². The molecule has 0 radical (unpaired) electrons. The van der Waals surface area contributed by atoms with E-state index in [4.69, 9.17) is 9.84 Å². The summed E-state index contributed by atoms with van der Waals surface area (Å²) in [5.41, 5.74) is 0.0731. The normalized spacial score (nSPS) is 31.6. The summed E-state index contributed by atoms with van der Waals surface area (Å²) in [6, 6.07) is 0.396. The maximum Gasteiger partial charge on any atom is 0.407 e. The summed E-state index contributed by atoms with van der Waals surface area (Å²) in [5, 5.41) is 9.05. The molecule has 0 spiro atoms. The molecule has 16 heavy (non-hydrogen) atoms. The zero-order valence-electron chi connectivity index (χ0n) is 10.1. The molecule has 1 N–H and O–H groups in total. The van der Waals surface area contributed by atoms with Crippen LogP contribution in [0.15, 0.2) is 0 Å². The summed E-state index contributed by atoms with van der Waals surface area (Å²) in [7, 11) is 0. The lowest BCUT2D eigenvalue weighted by molar-refractivity contribution is -0.126. The quantitative estimate of drug-likeness (QED) is 0.668. The SMILES string of the molecule is CC(C)(C)N1C2COCC1CN(C(=O)O)C2. The smallest absolute Gasteiger partial charge is 0.407 e. The molecule has 2 heterocycles. The van der Waals surface area contributed by atoms with Crippen LogP contribution in [-0.2, 0) is 4.74 Å². The second-order valence-electron chi connectivity index (χ2n) is 5.61. The molecule has 2 aliphatic heterocycles. The van der Waals surface area contributed by atoms with Crippen molar-refractivity contribution >= 4 is 6.09 Å².